The average Bonchev–Trinajstić information content (AvgIpc) is 2.17. The van der Waals surface area contributed by atoms with Gasteiger partial charge in [-0.25, -0.2) is 0 Å². The molecule has 13 heavy (non-hydrogen) atoms. The lowest BCUT2D eigenvalue weighted by molar-refractivity contribution is 0.155. The zero-order valence-electron chi connectivity index (χ0n) is 9.01. The van der Waals surface area contributed by atoms with E-state index in [9.17, 15) is 0 Å². The van der Waals surface area contributed by atoms with Crippen LogP contribution in [0.15, 0.2) is 0 Å². The van der Waals surface area contributed by atoms with E-state index in [1.54, 1.807) is 7.11 Å². The van der Waals surface area contributed by atoms with E-state index in [1.165, 1.54) is 32.1 Å². The van der Waals surface area contributed by atoms with Gasteiger partial charge in [0, 0.05) is 26.3 Å². The Morgan fingerprint density at radius 2 is 2.00 bits per heavy atom. The molecule has 1 atom stereocenters. The molecule has 2 nitrogen and oxygen atoms in total. The molecule has 1 aliphatic carbocycles. The largest absolute Gasteiger partial charge is 0.384 e. The predicted molar refractivity (Wildman–Crippen MR) is 55.9 cm³/mol. The van der Waals surface area contributed by atoms with Crippen molar-refractivity contribution >= 4 is 0 Å². The Morgan fingerprint density at radius 1 is 1.31 bits per heavy atom. The molecule has 1 saturated carbocycles. The maximum atomic E-state index is 5.10. The first-order valence-corrected chi connectivity index (χ1v) is 5.55. The summed E-state index contributed by atoms with van der Waals surface area (Å²) < 4.78 is 5.10. The summed E-state index contributed by atoms with van der Waals surface area (Å²) >= 11 is 0. The zero-order chi connectivity index (χ0) is 9.52. The Labute approximate surface area is 82.0 Å². The van der Waals surface area contributed by atoms with Crippen LogP contribution in [0.4, 0.5) is 0 Å². The smallest absolute Gasteiger partial charge is 0.0499 e. The minimum absolute atomic E-state index is 0.645. The molecule has 78 valence electrons. The molecule has 0 amide bonds. The molecule has 1 unspecified atom stereocenters. The van der Waals surface area contributed by atoms with E-state index in [4.69, 9.17) is 4.74 Å². The summed E-state index contributed by atoms with van der Waals surface area (Å²) in [5.41, 5.74) is 0. The quantitative estimate of drug-likeness (QED) is 0.709. The van der Waals surface area contributed by atoms with Gasteiger partial charge in [0.15, 0.2) is 0 Å². The first-order chi connectivity index (χ1) is 6.33. The monoisotopic (exact) mass is 185 g/mol. The van der Waals surface area contributed by atoms with Crippen LogP contribution in [0.3, 0.4) is 0 Å². The molecule has 0 aromatic heterocycles. The molecule has 0 radical (unpaired) electrons. The molecule has 1 rings (SSSR count). The maximum Gasteiger partial charge on any atom is 0.0499 e. The minimum atomic E-state index is 0.645. The summed E-state index contributed by atoms with van der Waals surface area (Å²) in [5, 5.41) is 3.63. The van der Waals surface area contributed by atoms with Gasteiger partial charge < -0.3 is 10.1 Å². The van der Waals surface area contributed by atoms with Gasteiger partial charge in [0.2, 0.25) is 0 Å². The molecule has 0 heterocycles. The topological polar surface area (TPSA) is 21.3 Å². The van der Waals surface area contributed by atoms with Crippen molar-refractivity contribution in [1.82, 2.24) is 5.32 Å². The van der Waals surface area contributed by atoms with Gasteiger partial charge in [-0.2, -0.15) is 0 Å². The highest BCUT2D eigenvalue weighted by Gasteiger charge is 2.13. The molecule has 0 saturated heterocycles. The molecule has 0 aromatic carbocycles. The number of rotatable bonds is 5. The number of hydrogen-bond donors (Lipinski definition) is 1. The molecule has 1 N–H and O–H groups in total. The summed E-state index contributed by atoms with van der Waals surface area (Å²) in [4.78, 5) is 0. The van der Waals surface area contributed by atoms with Crippen LogP contribution in [0, 0.1) is 5.92 Å². The van der Waals surface area contributed by atoms with Gasteiger partial charge in [-0.1, -0.05) is 26.2 Å². The van der Waals surface area contributed by atoms with Crippen LogP contribution in [0.1, 0.15) is 39.0 Å². The lowest BCUT2D eigenvalue weighted by Gasteiger charge is -2.24. The van der Waals surface area contributed by atoms with Crippen molar-refractivity contribution in [3.8, 4) is 0 Å². The number of hydrogen-bond acceptors (Lipinski definition) is 2. The second-order valence-corrected chi connectivity index (χ2v) is 4.30. The molecular weight excluding hydrogens is 162 g/mol. The highest BCUT2D eigenvalue weighted by molar-refractivity contribution is 4.72. The lowest BCUT2D eigenvalue weighted by atomic mass is 9.95. The molecule has 0 aliphatic heterocycles. The Morgan fingerprint density at radius 3 is 2.62 bits per heavy atom. The molecule has 0 bridgehead atoms. The van der Waals surface area contributed by atoms with Crippen molar-refractivity contribution in [2.24, 2.45) is 5.92 Å². The van der Waals surface area contributed by atoms with E-state index in [0.29, 0.717) is 5.92 Å². The summed E-state index contributed by atoms with van der Waals surface area (Å²) in [7, 11) is 1.77. The van der Waals surface area contributed by atoms with Gasteiger partial charge in [0.05, 0.1) is 0 Å². The van der Waals surface area contributed by atoms with Gasteiger partial charge in [0.1, 0.15) is 0 Å². The van der Waals surface area contributed by atoms with E-state index >= 15 is 0 Å². The van der Waals surface area contributed by atoms with Crippen molar-refractivity contribution in [2.75, 3.05) is 20.3 Å². The second-order valence-electron chi connectivity index (χ2n) is 4.30. The van der Waals surface area contributed by atoms with Gasteiger partial charge in [-0.15, -0.1) is 0 Å². The van der Waals surface area contributed by atoms with Crippen LogP contribution in [-0.2, 0) is 4.74 Å². The van der Waals surface area contributed by atoms with Gasteiger partial charge in [-0.05, 0) is 18.8 Å². The SMILES string of the molecule is COCC(C)CNC1CCCCC1. The Bertz CT molecular complexity index is 121. The van der Waals surface area contributed by atoms with Gasteiger partial charge >= 0.3 is 0 Å². The van der Waals surface area contributed by atoms with Crippen LogP contribution >= 0.6 is 0 Å². The van der Waals surface area contributed by atoms with Crippen molar-refractivity contribution in [3.63, 3.8) is 0 Å². The fourth-order valence-electron chi connectivity index (χ4n) is 2.02. The third-order valence-corrected chi connectivity index (χ3v) is 2.81. The van der Waals surface area contributed by atoms with Crippen LogP contribution < -0.4 is 5.32 Å². The minimum Gasteiger partial charge on any atom is -0.384 e. The van der Waals surface area contributed by atoms with Crippen LogP contribution in [0.25, 0.3) is 0 Å². The first kappa shape index (κ1) is 11.0. The molecule has 0 spiro atoms. The number of nitrogens with one attached hydrogen (secondary N) is 1. The Balaban J connectivity index is 2.03. The lowest BCUT2D eigenvalue weighted by Crippen LogP contribution is -2.35. The standard InChI is InChI=1S/C11H23NO/c1-10(9-13-2)8-12-11-6-4-3-5-7-11/h10-12H,3-9H2,1-2H3. The fraction of sp³-hybridized carbons (Fsp3) is 1.00. The summed E-state index contributed by atoms with van der Waals surface area (Å²) in [6.07, 6.45) is 7.01. The van der Waals surface area contributed by atoms with Crippen molar-refractivity contribution in [3.05, 3.63) is 0 Å². The van der Waals surface area contributed by atoms with Crippen molar-refractivity contribution in [1.29, 1.82) is 0 Å². The van der Waals surface area contributed by atoms with Crippen LogP contribution in [0.2, 0.25) is 0 Å². The molecule has 1 fully saturated rings. The van der Waals surface area contributed by atoms with E-state index in [0.717, 1.165) is 19.2 Å². The van der Waals surface area contributed by atoms with E-state index < -0.39 is 0 Å². The maximum absolute atomic E-state index is 5.10. The van der Waals surface area contributed by atoms with Gasteiger partial charge in [0.25, 0.3) is 0 Å². The summed E-state index contributed by atoms with van der Waals surface area (Å²) in [6, 6.07) is 0.785. The summed E-state index contributed by atoms with van der Waals surface area (Å²) in [5.74, 6) is 0.645. The highest BCUT2D eigenvalue weighted by atomic mass is 16.5. The Kier molecular flexibility index (Phi) is 5.40. The van der Waals surface area contributed by atoms with E-state index in [-0.39, 0.29) is 0 Å². The summed E-state index contributed by atoms with van der Waals surface area (Å²) in [6.45, 7) is 4.22. The molecule has 0 aromatic rings. The van der Waals surface area contributed by atoms with Crippen molar-refractivity contribution in [2.45, 2.75) is 45.1 Å². The zero-order valence-corrected chi connectivity index (χ0v) is 9.01. The van der Waals surface area contributed by atoms with Crippen LogP contribution in [0.5, 0.6) is 0 Å². The van der Waals surface area contributed by atoms with Crippen molar-refractivity contribution < 1.29 is 4.74 Å². The first-order valence-electron chi connectivity index (χ1n) is 5.55. The molecule has 2 heteroatoms. The third kappa shape index (κ3) is 4.63. The number of methoxy groups -OCH3 is 1. The number of ether oxygens (including phenoxy) is 1. The highest BCUT2D eigenvalue weighted by Crippen LogP contribution is 2.17. The third-order valence-electron chi connectivity index (χ3n) is 2.81. The average molecular weight is 185 g/mol. The second kappa shape index (κ2) is 6.39. The molecular formula is C11H23NO. The van der Waals surface area contributed by atoms with Crippen LogP contribution in [-0.4, -0.2) is 26.3 Å². The Hall–Kier alpha value is -0.0800. The predicted octanol–water partition coefficient (Wildman–Crippen LogP) is 2.19. The molecule has 1 aliphatic rings. The van der Waals surface area contributed by atoms with Gasteiger partial charge in [-0.3, -0.25) is 0 Å². The van der Waals surface area contributed by atoms with E-state index in [1.807, 2.05) is 0 Å². The van der Waals surface area contributed by atoms with E-state index in [2.05, 4.69) is 12.2 Å². The fourth-order valence-corrected chi connectivity index (χ4v) is 2.02. The normalized spacial score (nSPS) is 21.7.